The Bertz CT molecular complexity index is 565. The van der Waals surface area contributed by atoms with Crippen molar-refractivity contribution in [3.8, 4) is 0 Å². The molecule has 0 aliphatic carbocycles. The molecule has 2 saturated heterocycles. The number of esters is 1. The van der Waals surface area contributed by atoms with Crippen LogP contribution in [-0.2, 0) is 9.53 Å². The molecule has 132 valence electrons. The highest BCUT2D eigenvalue weighted by Gasteiger charge is 2.50. The van der Waals surface area contributed by atoms with Gasteiger partial charge in [-0.3, -0.25) is 9.69 Å². The first kappa shape index (κ1) is 17.7. The maximum absolute atomic E-state index is 12.6. The van der Waals surface area contributed by atoms with Crippen LogP contribution in [0, 0.1) is 12.8 Å². The van der Waals surface area contributed by atoms with Gasteiger partial charge in [0.1, 0.15) is 0 Å². The first-order chi connectivity index (χ1) is 11.7. The monoisotopic (exact) mass is 351 g/mol. The Morgan fingerprint density at radius 2 is 2.08 bits per heavy atom. The maximum Gasteiger partial charge on any atom is 0.310 e. The molecule has 0 spiro atoms. The molecule has 0 aromatic heterocycles. The summed E-state index contributed by atoms with van der Waals surface area (Å²) in [6.45, 7) is 2.96. The molecular weight excluding hydrogens is 325 g/mol. The van der Waals surface area contributed by atoms with E-state index in [1.54, 1.807) is 0 Å². The van der Waals surface area contributed by atoms with E-state index in [0.717, 1.165) is 32.2 Å². The van der Waals surface area contributed by atoms with Crippen molar-refractivity contribution in [3.05, 3.63) is 35.4 Å². The van der Waals surface area contributed by atoms with Gasteiger partial charge in [0.15, 0.2) is 0 Å². The van der Waals surface area contributed by atoms with Crippen molar-refractivity contribution in [2.75, 3.05) is 19.4 Å². The molecule has 5 heteroatoms. The van der Waals surface area contributed by atoms with E-state index in [9.17, 15) is 8.68 Å². The number of hydrogen-bond donors (Lipinski definition) is 0. The highest BCUT2D eigenvalue weighted by molar-refractivity contribution is 7.94. The quantitative estimate of drug-likeness (QED) is 0.570. The summed E-state index contributed by atoms with van der Waals surface area (Å²) in [5.74, 6) is 0.535. The SMILES string of the molecule is COC(=O)[C@H]1C(c2ccc(C)cc2)CC2CCC1N2CCCSF. The lowest BCUT2D eigenvalue weighted by Crippen LogP contribution is -2.51. The van der Waals surface area contributed by atoms with E-state index >= 15 is 0 Å². The molecule has 2 aliphatic rings. The summed E-state index contributed by atoms with van der Waals surface area (Å²) < 4.78 is 17.5. The van der Waals surface area contributed by atoms with Gasteiger partial charge in [-0.25, -0.2) is 0 Å². The number of fused-ring (bicyclic) bond motifs is 2. The van der Waals surface area contributed by atoms with Gasteiger partial charge in [-0.15, -0.1) is 0 Å². The molecule has 0 saturated carbocycles. The Labute approximate surface area is 148 Å². The van der Waals surface area contributed by atoms with Gasteiger partial charge < -0.3 is 4.74 Å². The van der Waals surface area contributed by atoms with Crippen molar-refractivity contribution in [1.82, 2.24) is 4.90 Å². The fourth-order valence-electron chi connectivity index (χ4n) is 4.58. The van der Waals surface area contributed by atoms with E-state index in [1.165, 1.54) is 18.2 Å². The van der Waals surface area contributed by atoms with Gasteiger partial charge in [0, 0.05) is 35.9 Å². The molecule has 3 nitrogen and oxygen atoms in total. The average molecular weight is 351 g/mol. The second-order valence-electron chi connectivity index (χ2n) is 7.00. The number of nitrogens with zero attached hydrogens (tertiary/aromatic N) is 1. The molecule has 3 rings (SSSR count). The number of carbonyl (C=O) groups is 1. The van der Waals surface area contributed by atoms with Gasteiger partial charge in [0.05, 0.1) is 13.0 Å². The standard InChI is InChI=1S/C19H26FNO2S/c1-13-4-6-14(7-5-13)16-12-15-8-9-17(18(16)19(22)23-2)21(15)10-3-11-24-20/h4-7,15-18H,3,8-12H2,1-2H3/t15?,16?,17?,18-/m0/s1. The Balaban J connectivity index is 1.83. The molecule has 2 fully saturated rings. The molecular formula is C19H26FNO2S. The number of halogens is 1. The van der Waals surface area contributed by atoms with Crippen LogP contribution in [0.4, 0.5) is 3.89 Å². The van der Waals surface area contributed by atoms with Crippen molar-refractivity contribution in [2.24, 2.45) is 5.92 Å². The first-order valence-electron chi connectivity index (χ1n) is 8.79. The van der Waals surface area contributed by atoms with Crippen LogP contribution in [0.3, 0.4) is 0 Å². The molecule has 0 N–H and O–H groups in total. The summed E-state index contributed by atoms with van der Waals surface area (Å²) in [5.41, 5.74) is 2.48. The van der Waals surface area contributed by atoms with Crippen molar-refractivity contribution in [1.29, 1.82) is 0 Å². The lowest BCUT2D eigenvalue weighted by atomic mass is 9.76. The van der Waals surface area contributed by atoms with Crippen LogP contribution in [0.1, 0.15) is 42.7 Å². The summed E-state index contributed by atoms with van der Waals surface area (Å²) in [6.07, 6.45) is 3.98. The van der Waals surface area contributed by atoms with Crippen LogP contribution in [0.2, 0.25) is 0 Å². The summed E-state index contributed by atoms with van der Waals surface area (Å²) in [5, 5.41) is 0. The largest absolute Gasteiger partial charge is 0.469 e. The Morgan fingerprint density at radius 1 is 1.33 bits per heavy atom. The predicted molar refractivity (Wildman–Crippen MR) is 95.7 cm³/mol. The van der Waals surface area contributed by atoms with Crippen molar-refractivity contribution in [3.63, 3.8) is 0 Å². The van der Waals surface area contributed by atoms with E-state index in [2.05, 4.69) is 36.1 Å². The Morgan fingerprint density at radius 3 is 2.75 bits per heavy atom. The molecule has 2 aliphatic heterocycles. The number of rotatable bonds is 6. The molecule has 3 unspecified atom stereocenters. The smallest absolute Gasteiger partial charge is 0.310 e. The second kappa shape index (κ2) is 7.87. The minimum Gasteiger partial charge on any atom is -0.469 e. The minimum absolute atomic E-state index is 0.101. The van der Waals surface area contributed by atoms with Crippen LogP contribution in [0.25, 0.3) is 0 Å². The fourth-order valence-corrected chi connectivity index (χ4v) is 4.82. The molecule has 4 atom stereocenters. The van der Waals surface area contributed by atoms with Gasteiger partial charge in [-0.2, -0.15) is 3.89 Å². The van der Waals surface area contributed by atoms with E-state index in [0.29, 0.717) is 23.9 Å². The number of benzene rings is 1. The van der Waals surface area contributed by atoms with E-state index in [1.807, 2.05) is 0 Å². The first-order valence-corrected chi connectivity index (χ1v) is 9.68. The zero-order valence-electron chi connectivity index (χ0n) is 14.4. The highest BCUT2D eigenvalue weighted by Crippen LogP contribution is 2.47. The number of carbonyl (C=O) groups excluding carboxylic acids is 1. The van der Waals surface area contributed by atoms with Crippen molar-refractivity contribution in [2.45, 2.75) is 50.6 Å². The maximum atomic E-state index is 12.6. The lowest BCUT2D eigenvalue weighted by molar-refractivity contribution is -0.150. The van der Waals surface area contributed by atoms with Crippen LogP contribution < -0.4 is 0 Å². The molecule has 24 heavy (non-hydrogen) atoms. The third-order valence-electron chi connectivity index (χ3n) is 5.68. The summed E-state index contributed by atoms with van der Waals surface area (Å²) in [6, 6.07) is 9.29. The van der Waals surface area contributed by atoms with E-state index < -0.39 is 0 Å². The second-order valence-corrected chi connectivity index (χ2v) is 7.63. The van der Waals surface area contributed by atoms with Gasteiger partial charge in [-0.05, 0) is 44.7 Å². The molecule has 2 bridgehead atoms. The topological polar surface area (TPSA) is 29.5 Å². The fraction of sp³-hybridized carbons (Fsp3) is 0.632. The minimum atomic E-state index is -0.116. The Kier molecular flexibility index (Phi) is 5.82. The number of piperidine rings is 1. The highest BCUT2D eigenvalue weighted by atomic mass is 32.2. The lowest BCUT2D eigenvalue weighted by Gasteiger charge is -2.43. The van der Waals surface area contributed by atoms with Crippen LogP contribution in [0.15, 0.2) is 24.3 Å². The third-order valence-corrected chi connectivity index (χ3v) is 6.12. The van der Waals surface area contributed by atoms with E-state index in [4.69, 9.17) is 4.74 Å². The average Bonchev–Trinajstić information content (AvgIpc) is 2.87. The number of ether oxygens (including phenoxy) is 1. The van der Waals surface area contributed by atoms with Gasteiger partial charge in [0.2, 0.25) is 0 Å². The molecule has 0 amide bonds. The molecule has 2 heterocycles. The van der Waals surface area contributed by atoms with Crippen molar-refractivity contribution >= 4 is 18.1 Å². The zero-order chi connectivity index (χ0) is 17.1. The third kappa shape index (κ3) is 3.47. The predicted octanol–water partition coefficient (Wildman–Crippen LogP) is 4.11. The van der Waals surface area contributed by atoms with Crippen LogP contribution in [-0.4, -0.2) is 42.4 Å². The summed E-state index contributed by atoms with van der Waals surface area (Å²) >= 11 is 0.405. The Hall–Kier alpha value is -1.07. The van der Waals surface area contributed by atoms with Crippen LogP contribution >= 0.6 is 12.1 Å². The zero-order valence-corrected chi connectivity index (χ0v) is 15.2. The van der Waals surface area contributed by atoms with E-state index in [-0.39, 0.29) is 23.8 Å². The van der Waals surface area contributed by atoms with Gasteiger partial charge >= 0.3 is 5.97 Å². The molecule has 1 aromatic rings. The van der Waals surface area contributed by atoms with Crippen LogP contribution in [0.5, 0.6) is 0 Å². The number of methoxy groups -OCH3 is 1. The summed E-state index contributed by atoms with van der Waals surface area (Å²) in [4.78, 5) is 15.0. The molecule has 1 aromatic carbocycles. The number of aryl methyl sites for hydroxylation is 1. The number of hydrogen-bond acceptors (Lipinski definition) is 4. The normalized spacial score (nSPS) is 29.6. The van der Waals surface area contributed by atoms with Gasteiger partial charge in [0.25, 0.3) is 0 Å². The van der Waals surface area contributed by atoms with Crippen molar-refractivity contribution < 1.29 is 13.4 Å². The summed E-state index contributed by atoms with van der Waals surface area (Å²) in [7, 11) is 1.49. The van der Waals surface area contributed by atoms with Gasteiger partial charge in [-0.1, -0.05) is 29.8 Å². The molecule has 0 radical (unpaired) electrons.